The van der Waals surface area contributed by atoms with E-state index in [0.29, 0.717) is 31.6 Å². The van der Waals surface area contributed by atoms with Crippen LogP contribution < -0.4 is 4.90 Å². The quantitative estimate of drug-likeness (QED) is 0.565. The molecule has 208 valence electrons. The Bertz CT molecular complexity index is 1230. The van der Waals surface area contributed by atoms with Gasteiger partial charge >= 0.3 is 6.18 Å². The van der Waals surface area contributed by atoms with Gasteiger partial charge in [0.25, 0.3) is 10.0 Å². The van der Waals surface area contributed by atoms with Crippen LogP contribution in [0.5, 0.6) is 0 Å². The van der Waals surface area contributed by atoms with Crippen LogP contribution in [0.1, 0.15) is 44.6 Å². The van der Waals surface area contributed by atoms with Crippen molar-refractivity contribution in [2.45, 2.75) is 73.1 Å². The molecule has 1 aromatic carbocycles. The Labute approximate surface area is 224 Å². The molecular formula is C26H32F3N3O4S2. The number of sulfonamides is 1. The third-order valence-corrected chi connectivity index (χ3v) is 11.4. The van der Waals surface area contributed by atoms with Gasteiger partial charge in [0, 0.05) is 56.8 Å². The van der Waals surface area contributed by atoms with Crippen LogP contribution in [0.2, 0.25) is 0 Å². The van der Waals surface area contributed by atoms with Crippen LogP contribution in [0.4, 0.5) is 18.9 Å². The van der Waals surface area contributed by atoms with Gasteiger partial charge in [0.2, 0.25) is 0 Å². The lowest BCUT2D eigenvalue weighted by atomic mass is 9.83. The van der Waals surface area contributed by atoms with Gasteiger partial charge in [-0.3, -0.25) is 9.69 Å². The molecule has 1 N–H and O–H groups in total. The van der Waals surface area contributed by atoms with E-state index in [2.05, 4.69) is 9.80 Å². The minimum Gasteiger partial charge on any atom is -0.376 e. The van der Waals surface area contributed by atoms with E-state index in [1.807, 2.05) is 0 Å². The molecule has 5 rings (SSSR count). The summed E-state index contributed by atoms with van der Waals surface area (Å²) < 4.78 is 68.5. The molecule has 1 aromatic heterocycles. The molecule has 3 fully saturated rings. The summed E-state index contributed by atoms with van der Waals surface area (Å²) in [6, 6.07) is 8.98. The summed E-state index contributed by atoms with van der Waals surface area (Å²) in [4.78, 5) is 16.7. The van der Waals surface area contributed by atoms with Gasteiger partial charge in [-0.05, 0) is 48.9 Å². The van der Waals surface area contributed by atoms with Gasteiger partial charge in [0.1, 0.15) is 9.99 Å². The van der Waals surface area contributed by atoms with Crippen LogP contribution in [0.15, 0.2) is 46.0 Å². The van der Waals surface area contributed by atoms with Gasteiger partial charge in [-0.2, -0.15) is 17.5 Å². The van der Waals surface area contributed by atoms with E-state index in [0.717, 1.165) is 26.2 Å². The molecule has 0 aliphatic carbocycles. The lowest BCUT2D eigenvalue weighted by molar-refractivity contribution is -0.258. The van der Waals surface area contributed by atoms with Crippen LogP contribution in [-0.4, -0.2) is 79.0 Å². The molecule has 0 radical (unpaired) electrons. The fourth-order valence-corrected chi connectivity index (χ4v) is 8.64. The molecule has 3 aliphatic heterocycles. The molecule has 2 unspecified atom stereocenters. The second-order valence-corrected chi connectivity index (χ2v) is 13.8. The standard InChI is InChI=1S/C26H32F3N3O4S2/c1-25(34,26(27,28)29)18-7-9-19(10-8-18)31-12-11-30(38(35,36)24-6-3-13-37-24)16-22(31)17-32-20-4-2-5-21(32)15-23(33)14-20/h3,6-10,13,20-22,34H,2,4-5,11-12,14-17H2,1H3/t20?,21?,22-,25+/m1/s1. The predicted octanol–water partition coefficient (Wildman–Crippen LogP) is 3.98. The van der Waals surface area contributed by atoms with Crippen LogP contribution in [-0.2, 0) is 20.4 Å². The monoisotopic (exact) mass is 571 g/mol. The lowest BCUT2D eigenvalue weighted by Crippen LogP contribution is -2.62. The topological polar surface area (TPSA) is 81.2 Å². The summed E-state index contributed by atoms with van der Waals surface area (Å²) in [5.74, 6) is 0.269. The first-order chi connectivity index (χ1) is 17.9. The summed E-state index contributed by atoms with van der Waals surface area (Å²) in [5, 5.41) is 11.8. The molecule has 12 heteroatoms. The Morgan fingerprint density at radius 3 is 2.29 bits per heavy atom. The summed E-state index contributed by atoms with van der Waals surface area (Å²) in [6.07, 6.45) is -0.903. The number of halogens is 3. The number of alkyl halides is 3. The zero-order valence-corrected chi connectivity index (χ0v) is 22.7. The zero-order valence-electron chi connectivity index (χ0n) is 21.1. The van der Waals surface area contributed by atoms with E-state index in [-0.39, 0.29) is 46.8 Å². The van der Waals surface area contributed by atoms with E-state index in [1.165, 1.54) is 27.8 Å². The number of benzene rings is 1. The number of rotatable bonds is 6. The number of fused-ring (bicyclic) bond motifs is 2. The number of carbonyl (C=O) groups excluding carboxylic acids is 1. The maximum absolute atomic E-state index is 13.4. The summed E-state index contributed by atoms with van der Waals surface area (Å²) in [5.41, 5.74) is -2.56. The molecule has 3 saturated heterocycles. The van der Waals surface area contributed by atoms with Gasteiger partial charge in [-0.15, -0.1) is 11.3 Å². The van der Waals surface area contributed by atoms with E-state index in [9.17, 15) is 31.5 Å². The number of carbonyl (C=O) groups is 1. The number of piperazine rings is 1. The number of anilines is 1. The first kappa shape index (κ1) is 27.6. The van der Waals surface area contributed by atoms with Crippen LogP contribution >= 0.6 is 11.3 Å². The van der Waals surface area contributed by atoms with Crippen LogP contribution in [0, 0.1) is 0 Å². The van der Waals surface area contributed by atoms with Gasteiger partial charge in [0.05, 0.1) is 6.04 Å². The first-order valence-corrected chi connectivity index (χ1v) is 15.2. The fraction of sp³-hybridized carbons (Fsp3) is 0.577. The third-order valence-electron chi connectivity index (χ3n) is 8.21. The SMILES string of the molecule is C[C@](O)(c1ccc(N2CCN(S(=O)(=O)c3cccs3)C[C@@H]2CN2C3CCCC2CC(=O)C3)cc1)C(F)(F)F. The highest BCUT2D eigenvalue weighted by molar-refractivity contribution is 7.91. The number of Topliss-reactive ketones (excluding diaryl/α,β-unsaturated/α-hetero) is 1. The average molecular weight is 572 g/mol. The molecule has 4 atom stereocenters. The van der Waals surface area contributed by atoms with Crippen LogP contribution in [0.3, 0.4) is 0 Å². The maximum Gasteiger partial charge on any atom is 0.421 e. The Hall–Kier alpha value is -1.99. The molecule has 0 amide bonds. The van der Waals surface area contributed by atoms with Crippen molar-refractivity contribution in [3.05, 3.63) is 47.3 Å². The third kappa shape index (κ3) is 5.13. The highest BCUT2D eigenvalue weighted by atomic mass is 32.2. The zero-order chi connectivity index (χ0) is 27.3. The summed E-state index contributed by atoms with van der Waals surface area (Å²) in [7, 11) is -3.67. The Kier molecular flexibility index (Phi) is 7.40. The molecule has 38 heavy (non-hydrogen) atoms. The number of thiophene rings is 1. The van der Waals surface area contributed by atoms with Crippen molar-refractivity contribution in [1.82, 2.24) is 9.21 Å². The molecule has 2 bridgehead atoms. The molecule has 2 aromatic rings. The average Bonchev–Trinajstić information content (AvgIpc) is 3.40. The van der Waals surface area contributed by atoms with E-state index >= 15 is 0 Å². The molecular weight excluding hydrogens is 539 g/mol. The van der Waals surface area contributed by atoms with Crippen molar-refractivity contribution in [1.29, 1.82) is 0 Å². The Balaban J connectivity index is 1.43. The number of hydrogen-bond acceptors (Lipinski definition) is 7. The second-order valence-electron chi connectivity index (χ2n) is 10.6. The van der Waals surface area contributed by atoms with Crippen molar-refractivity contribution in [3.8, 4) is 0 Å². The fourth-order valence-electron chi connectivity index (χ4n) is 6.03. The van der Waals surface area contributed by atoms with Gasteiger partial charge in [-0.1, -0.05) is 24.6 Å². The molecule has 0 spiro atoms. The Morgan fingerprint density at radius 1 is 1.05 bits per heavy atom. The Morgan fingerprint density at radius 2 is 1.71 bits per heavy atom. The minimum atomic E-state index is -4.82. The van der Waals surface area contributed by atoms with Gasteiger partial charge in [-0.25, -0.2) is 8.42 Å². The van der Waals surface area contributed by atoms with Crippen molar-refractivity contribution in [3.63, 3.8) is 0 Å². The van der Waals surface area contributed by atoms with E-state index < -0.39 is 21.8 Å². The summed E-state index contributed by atoms with van der Waals surface area (Å²) in [6.45, 7) is 2.12. The predicted molar refractivity (Wildman–Crippen MR) is 139 cm³/mol. The highest BCUT2D eigenvalue weighted by Gasteiger charge is 2.51. The maximum atomic E-state index is 13.4. The number of nitrogens with zero attached hydrogens (tertiary/aromatic N) is 3. The molecule has 3 aliphatic rings. The van der Waals surface area contributed by atoms with Crippen molar-refractivity contribution >= 4 is 32.8 Å². The molecule has 4 heterocycles. The molecule has 7 nitrogen and oxygen atoms in total. The lowest BCUT2D eigenvalue weighted by Gasteiger charge is -2.50. The van der Waals surface area contributed by atoms with Gasteiger partial charge in [0.15, 0.2) is 5.60 Å². The smallest absolute Gasteiger partial charge is 0.376 e. The van der Waals surface area contributed by atoms with E-state index in [4.69, 9.17) is 0 Å². The number of piperidine rings is 2. The van der Waals surface area contributed by atoms with Crippen molar-refractivity contribution in [2.75, 3.05) is 31.1 Å². The highest BCUT2D eigenvalue weighted by Crippen LogP contribution is 2.39. The number of aliphatic hydroxyl groups is 1. The van der Waals surface area contributed by atoms with Crippen LogP contribution in [0.25, 0.3) is 0 Å². The van der Waals surface area contributed by atoms with E-state index in [1.54, 1.807) is 29.6 Å². The number of ketones is 1. The van der Waals surface area contributed by atoms with Crippen molar-refractivity contribution < 1.29 is 31.5 Å². The number of hydrogen-bond donors (Lipinski definition) is 1. The second kappa shape index (κ2) is 10.2. The van der Waals surface area contributed by atoms with Gasteiger partial charge < -0.3 is 10.0 Å². The normalized spacial score (nSPS) is 27.3. The minimum absolute atomic E-state index is 0.130. The molecule has 0 saturated carbocycles. The first-order valence-electron chi connectivity index (χ1n) is 12.9. The summed E-state index contributed by atoms with van der Waals surface area (Å²) >= 11 is 1.17. The van der Waals surface area contributed by atoms with Crippen molar-refractivity contribution in [2.24, 2.45) is 0 Å². The largest absolute Gasteiger partial charge is 0.421 e.